The predicted molar refractivity (Wildman–Crippen MR) is 375 cm³/mol. The fourth-order valence-electron chi connectivity index (χ4n) is 13.1. The predicted octanol–water partition coefficient (Wildman–Crippen LogP) is 7.53. The highest BCUT2D eigenvalue weighted by molar-refractivity contribution is 8.76. The highest BCUT2D eigenvalue weighted by Crippen LogP contribution is 2.57. The van der Waals surface area contributed by atoms with Gasteiger partial charge >= 0.3 is 23.9 Å². The third kappa shape index (κ3) is 16.2. The van der Waals surface area contributed by atoms with Crippen LogP contribution in [0.1, 0.15) is 127 Å². The van der Waals surface area contributed by atoms with Gasteiger partial charge in [0.25, 0.3) is 0 Å². The summed E-state index contributed by atoms with van der Waals surface area (Å²) in [4.78, 5) is 52.2. The first kappa shape index (κ1) is 70.4. The molecule has 0 saturated carbocycles. The molecule has 488 valence electrons. The number of carbonyl (C=O) groups is 4. The summed E-state index contributed by atoms with van der Waals surface area (Å²) in [5.41, 5.74) is 1.64. The number of rotatable bonds is 9. The van der Waals surface area contributed by atoms with Crippen molar-refractivity contribution in [1.82, 2.24) is 9.80 Å². The second kappa shape index (κ2) is 30.6. The smallest absolute Gasteiger partial charge is 0.352 e. The number of nitrogens with zero attached hydrogens (tertiary/aromatic N) is 2. The molecule has 31 heteroatoms. The molecule has 10 aliphatic rings. The molecule has 4 saturated heterocycles. The molecule has 89 heavy (non-hydrogen) atoms. The maximum atomic E-state index is 13.7. The first-order chi connectivity index (χ1) is 42.5. The molecule has 0 amide bonds. The minimum Gasteiger partial charge on any atom is -0.499 e. The van der Waals surface area contributed by atoms with E-state index in [2.05, 4.69) is 67.0 Å². The standard InChI is InChI=1S/C29H35NO7.C18H21NO4.C11H16O4.S14/c1-27(2,3)8-5-10-29(16-23(31)37-29)26(32)36-25-22(33-4)15-28-9-6-11-30(28)12-7-18-13-20-21(35-17-34-20)14-19(18)24(25)28;1-21-15-9-18-4-2-5-19(18)6-3-11-7-13-14(23-10-22-13)8-12(11)16(18)17(15)20;1-10(2,3)5-4-6-11(9(13)14)7-8(12)15-11;1-3-5-7-9-11-13-14-12-10-8-6-4-2/h5,8,13-15,24-25H,6-7,9-12,16-17H2,1-4H3;7-9,16-17,20H,2-6,10H2,1H3;4-5H,6-7H2,1-3H3,(H,13,14);/b8-5+;;5-4+;/t24-,25-,28+,29-;16-,17-,18+;11-;/m111./s1. The van der Waals surface area contributed by atoms with Crippen LogP contribution in [-0.2, 0) is 185 Å². The minimum absolute atomic E-state index is 0.00644. The fraction of sp³-hybridized carbons (Fsp3) is 0.586. The number of carbonyl (C=O) groups excluding carboxylic acids is 3. The van der Waals surface area contributed by atoms with Gasteiger partial charge in [-0.05, 0) is 121 Å². The Hall–Kier alpha value is -2.96. The molecule has 0 unspecified atom stereocenters. The van der Waals surface area contributed by atoms with Gasteiger partial charge in [-0.15, -0.1) is 0 Å². The molecule has 0 bridgehead atoms. The maximum Gasteiger partial charge on any atom is 0.352 e. The summed E-state index contributed by atoms with van der Waals surface area (Å²) in [5, 5.41) is 19.9. The molecular formula is C58H72N2O15S14. The van der Waals surface area contributed by atoms with E-state index < -0.39 is 41.3 Å². The Morgan fingerprint density at radius 3 is 1.45 bits per heavy atom. The SMILES string of the molecule is CC(C)(C)/C=C/C[C@]1(C(=O)O)CC(=O)O1.COC1=C[C@]23CCCN2CCc2cc4c(cc2[C@@H]3[C@@H]1O)OCO4.COC1=C[C@]23CCCN2CCc2cc4c(cc2[C@@H]3[C@@H]1OC(=O)[C@@]1(C/C=C/C(C)(C)C)CC(=O)O1)OCO4.S=S=S=S=S=S=S=S=S=S=S=S=S=S. The van der Waals surface area contributed by atoms with Crippen LogP contribution in [0.3, 0.4) is 0 Å². The Bertz CT molecular complexity index is 3750. The number of carboxylic acids is 1. The highest BCUT2D eigenvalue weighted by atomic mass is 33.5. The third-order valence-electron chi connectivity index (χ3n) is 16.9. The molecule has 2 spiro atoms. The number of hydrogen-bond donors (Lipinski definition) is 2. The summed E-state index contributed by atoms with van der Waals surface area (Å²) >= 11 is 9.43. The normalized spacial score (nSPS) is 27.8. The van der Waals surface area contributed by atoms with Gasteiger partial charge in [0, 0.05) is 161 Å². The molecule has 0 aromatic heterocycles. The van der Waals surface area contributed by atoms with Gasteiger partial charge in [0.1, 0.15) is 17.6 Å². The number of methoxy groups -OCH3 is 2. The molecule has 12 rings (SSSR count). The molecule has 2 aromatic carbocycles. The number of aliphatic hydroxyl groups is 1. The lowest BCUT2D eigenvalue weighted by Crippen LogP contribution is -2.56. The van der Waals surface area contributed by atoms with Crippen molar-refractivity contribution in [2.24, 2.45) is 10.8 Å². The lowest BCUT2D eigenvalue weighted by atomic mass is 9.77. The summed E-state index contributed by atoms with van der Waals surface area (Å²) in [6.07, 6.45) is 17.3. The molecule has 8 aliphatic heterocycles. The Morgan fingerprint density at radius 1 is 0.618 bits per heavy atom. The van der Waals surface area contributed by atoms with Crippen LogP contribution in [0.5, 0.6) is 23.0 Å². The summed E-state index contributed by atoms with van der Waals surface area (Å²) < 4.78 is 50.4. The number of benzene rings is 2. The molecular weight excluding hydrogens is 1410 g/mol. The van der Waals surface area contributed by atoms with E-state index in [-0.39, 0.29) is 79.0 Å². The van der Waals surface area contributed by atoms with Crippen LogP contribution < -0.4 is 18.9 Å². The largest absolute Gasteiger partial charge is 0.499 e. The van der Waals surface area contributed by atoms with Crippen LogP contribution in [0, 0.1) is 10.8 Å². The zero-order valence-electron chi connectivity index (χ0n) is 50.2. The average Bonchev–Trinajstić information content (AvgIpc) is 1.58. The molecule has 8 heterocycles. The van der Waals surface area contributed by atoms with Crippen molar-refractivity contribution in [1.29, 1.82) is 0 Å². The topological polar surface area (TPSA) is 198 Å². The first-order valence-electron chi connectivity index (χ1n) is 28.6. The number of carboxylic acid groups (broad SMARTS) is 1. The zero-order chi connectivity index (χ0) is 63.8. The number of esters is 3. The molecule has 17 nitrogen and oxygen atoms in total. The molecule has 2 aromatic rings. The van der Waals surface area contributed by atoms with Gasteiger partial charge in [0.05, 0.1) is 44.1 Å². The molecule has 2 N–H and O–H groups in total. The number of fused-ring (bicyclic) bond motifs is 6. The monoisotopic (exact) mass is 1480 g/mol. The summed E-state index contributed by atoms with van der Waals surface area (Å²) in [6.45, 7) is 16.7. The average molecular weight is 1490 g/mol. The van der Waals surface area contributed by atoms with Gasteiger partial charge < -0.3 is 52.8 Å². The second-order valence-corrected chi connectivity index (χ2v) is 45.8. The second-order valence-electron chi connectivity index (χ2n) is 24.6. The van der Waals surface area contributed by atoms with Crippen molar-refractivity contribution < 1.29 is 72.0 Å². The first-order valence-corrected chi connectivity index (χ1v) is 45.9. The van der Waals surface area contributed by atoms with Crippen LogP contribution in [-0.4, -0.2) is 132 Å². The maximum absolute atomic E-state index is 13.7. The number of cyclic esters (lactones) is 2. The van der Waals surface area contributed by atoms with E-state index in [9.17, 15) is 24.3 Å². The van der Waals surface area contributed by atoms with Gasteiger partial charge in [-0.3, -0.25) is 19.4 Å². The van der Waals surface area contributed by atoms with Crippen molar-refractivity contribution in [3.05, 3.63) is 94.5 Å². The Kier molecular flexibility index (Phi) is 24.2. The van der Waals surface area contributed by atoms with Crippen LogP contribution in [0.4, 0.5) is 0 Å². The van der Waals surface area contributed by atoms with Gasteiger partial charge in [0.2, 0.25) is 24.8 Å². The van der Waals surface area contributed by atoms with Crippen LogP contribution >= 0.6 is 0 Å². The van der Waals surface area contributed by atoms with E-state index in [0.29, 0.717) is 17.3 Å². The van der Waals surface area contributed by atoms with Crippen molar-refractivity contribution in [2.75, 3.05) is 54.0 Å². The van der Waals surface area contributed by atoms with Crippen molar-refractivity contribution in [2.45, 2.75) is 152 Å². The van der Waals surface area contributed by atoms with E-state index >= 15 is 0 Å². The van der Waals surface area contributed by atoms with Crippen LogP contribution in [0.25, 0.3) is 0 Å². The van der Waals surface area contributed by atoms with Gasteiger partial charge in [-0.2, -0.15) is 0 Å². The lowest BCUT2D eigenvalue weighted by Gasteiger charge is -2.41. The van der Waals surface area contributed by atoms with Crippen LogP contribution in [0.15, 0.2) is 72.2 Å². The van der Waals surface area contributed by atoms with Crippen molar-refractivity contribution >= 4 is 153 Å². The van der Waals surface area contributed by atoms with E-state index in [0.717, 1.165) is 87.5 Å². The molecule has 8 atom stereocenters. The fourth-order valence-corrected chi connectivity index (χ4v) is 40.6. The Balaban J connectivity index is 0.000000155. The summed E-state index contributed by atoms with van der Waals surface area (Å²) in [7, 11) is 23.2. The van der Waals surface area contributed by atoms with Crippen LogP contribution in [0.2, 0.25) is 0 Å². The quantitative estimate of drug-likeness (QED) is 0.142. The van der Waals surface area contributed by atoms with Crippen molar-refractivity contribution in [3.8, 4) is 23.0 Å². The van der Waals surface area contributed by atoms with E-state index in [1.165, 1.54) is 34.5 Å². The summed E-state index contributed by atoms with van der Waals surface area (Å²) in [6, 6.07) is 8.32. The van der Waals surface area contributed by atoms with Gasteiger partial charge in [0.15, 0.2) is 29.1 Å². The van der Waals surface area contributed by atoms with Crippen molar-refractivity contribution in [3.63, 3.8) is 0 Å². The number of ether oxygens (including phenoxy) is 9. The van der Waals surface area contributed by atoms with Gasteiger partial charge in [-0.25, -0.2) is 9.59 Å². The highest BCUT2D eigenvalue weighted by Gasteiger charge is 2.61. The molecule has 4 fully saturated rings. The summed E-state index contributed by atoms with van der Waals surface area (Å²) in [5.74, 6) is 1.85. The Morgan fingerprint density at radius 2 is 1.02 bits per heavy atom. The Labute approximate surface area is 563 Å². The number of hydrogen-bond acceptors (Lipinski definition) is 18. The number of allylic oxidation sites excluding steroid dienone is 2. The number of aliphatic carboxylic acids is 1. The molecule has 2 aliphatic carbocycles. The number of aliphatic hydroxyl groups excluding tert-OH is 1. The third-order valence-corrected chi connectivity index (χ3v) is 41.3. The lowest BCUT2D eigenvalue weighted by molar-refractivity contribution is -0.210. The van der Waals surface area contributed by atoms with E-state index in [4.69, 9.17) is 70.1 Å². The van der Waals surface area contributed by atoms with E-state index in [1.54, 1.807) is 109 Å². The molecule has 0 radical (unpaired) electrons. The van der Waals surface area contributed by atoms with E-state index in [1.807, 2.05) is 39.0 Å². The van der Waals surface area contributed by atoms with Gasteiger partial charge in [-0.1, -0.05) is 65.8 Å². The zero-order valence-corrected chi connectivity index (χ0v) is 61.6. The minimum atomic E-state index is -1.31.